The number of benzene rings is 1. The van der Waals surface area contributed by atoms with E-state index in [9.17, 15) is 0 Å². The number of hydrogen-bond acceptors (Lipinski definition) is 3. The van der Waals surface area contributed by atoms with Gasteiger partial charge in [0.2, 0.25) is 0 Å². The highest BCUT2D eigenvalue weighted by molar-refractivity contribution is 5.39. The topological polar surface area (TPSA) is 44.5 Å². The van der Waals surface area contributed by atoms with Crippen LogP contribution in [-0.4, -0.2) is 26.9 Å². The van der Waals surface area contributed by atoms with Gasteiger partial charge in [0.15, 0.2) is 0 Å². The van der Waals surface area contributed by atoms with Crippen LogP contribution >= 0.6 is 0 Å². The average molecular weight is 249 g/mol. The van der Waals surface area contributed by atoms with E-state index >= 15 is 0 Å². The van der Waals surface area contributed by atoms with Crippen molar-refractivity contribution in [3.8, 4) is 5.75 Å². The number of nitrogens with two attached hydrogens (primary N) is 1. The molecule has 0 unspecified atom stereocenters. The van der Waals surface area contributed by atoms with Gasteiger partial charge in [-0.2, -0.15) is 0 Å². The molecule has 1 aromatic carbocycles. The zero-order chi connectivity index (χ0) is 13.0. The molecule has 3 nitrogen and oxygen atoms in total. The van der Waals surface area contributed by atoms with Crippen molar-refractivity contribution in [3.05, 3.63) is 29.3 Å². The van der Waals surface area contributed by atoms with Gasteiger partial charge in [0.05, 0.1) is 7.11 Å². The maximum atomic E-state index is 5.81. The van der Waals surface area contributed by atoms with Crippen LogP contribution in [0.2, 0.25) is 0 Å². The molecule has 1 heterocycles. The maximum Gasteiger partial charge on any atom is 0.121 e. The fourth-order valence-electron chi connectivity index (χ4n) is 2.93. The standard InChI is InChI=1S/C15H23NO2/c1-12-11-13(3-4-14(12)17-2)15(5-8-16)6-9-18-10-7-15/h3-4,11H,5-10,16H2,1-2H3. The van der Waals surface area contributed by atoms with E-state index in [1.54, 1.807) is 7.11 Å². The molecule has 0 saturated carbocycles. The van der Waals surface area contributed by atoms with Gasteiger partial charge < -0.3 is 15.2 Å². The molecule has 0 aromatic heterocycles. The molecule has 18 heavy (non-hydrogen) atoms. The Labute approximate surface area is 109 Å². The SMILES string of the molecule is COc1ccc(C2(CCN)CCOCC2)cc1C. The Morgan fingerprint density at radius 1 is 1.33 bits per heavy atom. The molecule has 0 bridgehead atoms. The van der Waals surface area contributed by atoms with Gasteiger partial charge in [-0.15, -0.1) is 0 Å². The highest BCUT2D eigenvalue weighted by atomic mass is 16.5. The Kier molecular flexibility index (Phi) is 4.25. The molecule has 1 fully saturated rings. The van der Waals surface area contributed by atoms with Crippen molar-refractivity contribution in [2.75, 3.05) is 26.9 Å². The molecule has 100 valence electrons. The molecule has 1 aromatic rings. The molecule has 0 aliphatic carbocycles. The smallest absolute Gasteiger partial charge is 0.121 e. The van der Waals surface area contributed by atoms with E-state index in [2.05, 4.69) is 25.1 Å². The summed E-state index contributed by atoms with van der Waals surface area (Å²) in [5.41, 5.74) is 8.59. The molecule has 1 saturated heterocycles. The molecular formula is C15H23NO2. The lowest BCUT2D eigenvalue weighted by Crippen LogP contribution is -2.36. The van der Waals surface area contributed by atoms with Crippen LogP contribution in [0.25, 0.3) is 0 Å². The summed E-state index contributed by atoms with van der Waals surface area (Å²) in [6, 6.07) is 6.50. The Morgan fingerprint density at radius 2 is 2.06 bits per heavy atom. The van der Waals surface area contributed by atoms with Crippen LogP contribution in [0.4, 0.5) is 0 Å². The minimum atomic E-state index is 0.198. The first kappa shape index (κ1) is 13.4. The highest BCUT2D eigenvalue weighted by Crippen LogP contribution is 2.39. The maximum absolute atomic E-state index is 5.81. The van der Waals surface area contributed by atoms with Crippen LogP contribution in [0.15, 0.2) is 18.2 Å². The van der Waals surface area contributed by atoms with Gasteiger partial charge in [0.25, 0.3) is 0 Å². The fraction of sp³-hybridized carbons (Fsp3) is 0.600. The first-order valence-electron chi connectivity index (χ1n) is 6.65. The summed E-state index contributed by atoms with van der Waals surface area (Å²) in [5, 5.41) is 0. The van der Waals surface area contributed by atoms with E-state index in [-0.39, 0.29) is 5.41 Å². The number of methoxy groups -OCH3 is 1. The van der Waals surface area contributed by atoms with Crippen LogP contribution in [0, 0.1) is 6.92 Å². The van der Waals surface area contributed by atoms with Crippen molar-refractivity contribution < 1.29 is 9.47 Å². The molecule has 0 atom stereocenters. The second kappa shape index (κ2) is 5.72. The van der Waals surface area contributed by atoms with Crippen molar-refractivity contribution in [3.63, 3.8) is 0 Å². The van der Waals surface area contributed by atoms with E-state index in [1.165, 1.54) is 11.1 Å². The lowest BCUT2D eigenvalue weighted by atomic mass is 9.71. The quantitative estimate of drug-likeness (QED) is 0.891. The second-order valence-electron chi connectivity index (χ2n) is 5.12. The van der Waals surface area contributed by atoms with Crippen LogP contribution in [0.3, 0.4) is 0 Å². The second-order valence-corrected chi connectivity index (χ2v) is 5.12. The van der Waals surface area contributed by atoms with Gasteiger partial charge >= 0.3 is 0 Å². The van der Waals surface area contributed by atoms with E-state index < -0.39 is 0 Å². The number of ether oxygens (including phenoxy) is 2. The Bertz CT molecular complexity index is 392. The van der Waals surface area contributed by atoms with E-state index in [0.29, 0.717) is 0 Å². The number of aryl methyl sites for hydroxylation is 1. The molecular weight excluding hydrogens is 226 g/mol. The summed E-state index contributed by atoms with van der Waals surface area (Å²) < 4.78 is 10.8. The molecule has 0 amide bonds. The highest BCUT2D eigenvalue weighted by Gasteiger charge is 2.33. The molecule has 0 radical (unpaired) electrons. The number of hydrogen-bond donors (Lipinski definition) is 1. The van der Waals surface area contributed by atoms with E-state index in [0.717, 1.165) is 44.8 Å². The van der Waals surface area contributed by atoms with E-state index in [4.69, 9.17) is 15.2 Å². The van der Waals surface area contributed by atoms with Crippen LogP contribution in [0.5, 0.6) is 5.75 Å². The number of rotatable bonds is 4. The predicted octanol–water partition coefficient (Wildman–Crippen LogP) is 2.40. The predicted molar refractivity (Wildman–Crippen MR) is 73.1 cm³/mol. The average Bonchev–Trinajstić information content (AvgIpc) is 2.40. The van der Waals surface area contributed by atoms with Crippen molar-refractivity contribution in [2.45, 2.75) is 31.6 Å². The van der Waals surface area contributed by atoms with Crippen molar-refractivity contribution >= 4 is 0 Å². The first-order valence-corrected chi connectivity index (χ1v) is 6.65. The third-order valence-electron chi connectivity index (χ3n) is 4.08. The van der Waals surface area contributed by atoms with Crippen molar-refractivity contribution in [2.24, 2.45) is 5.73 Å². The van der Waals surface area contributed by atoms with Crippen LogP contribution < -0.4 is 10.5 Å². The Hall–Kier alpha value is -1.06. The third kappa shape index (κ3) is 2.52. The van der Waals surface area contributed by atoms with Crippen molar-refractivity contribution in [1.82, 2.24) is 0 Å². The summed E-state index contributed by atoms with van der Waals surface area (Å²) in [6.07, 6.45) is 3.16. The van der Waals surface area contributed by atoms with Gasteiger partial charge in [0, 0.05) is 18.6 Å². The lowest BCUT2D eigenvalue weighted by molar-refractivity contribution is 0.0476. The largest absolute Gasteiger partial charge is 0.496 e. The fourth-order valence-corrected chi connectivity index (χ4v) is 2.93. The molecule has 3 heteroatoms. The summed E-state index contributed by atoms with van der Waals surface area (Å²) in [7, 11) is 1.71. The Balaban J connectivity index is 2.33. The van der Waals surface area contributed by atoms with Gasteiger partial charge in [-0.3, -0.25) is 0 Å². The summed E-state index contributed by atoms with van der Waals surface area (Å²) >= 11 is 0. The third-order valence-corrected chi connectivity index (χ3v) is 4.08. The summed E-state index contributed by atoms with van der Waals surface area (Å²) in [6.45, 7) is 4.50. The minimum absolute atomic E-state index is 0.198. The summed E-state index contributed by atoms with van der Waals surface area (Å²) in [5.74, 6) is 0.953. The Morgan fingerprint density at radius 3 is 2.61 bits per heavy atom. The monoisotopic (exact) mass is 249 g/mol. The van der Waals surface area contributed by atoms with Crippen molar-refractivity contribution in [1.29, 1.82) is 0 Å². The molecule has 0 spiro atoms. The van der Waals surface area contributed by atoms with Gasteiger partial charge in [-0.1, -0.05) is 12.1 Å². The zero-order valence-corrected chi connectivity index (χ0v) is 11.4. The van der Waals surface area contributed by atoms with Crippen LogP contribution in [0.1, 0.15) is 30.4 Å². The molecule has 1 aliphatic heterocycles. The minimum Gasteiger partial charge on any atom is -0.496 e. The van der Waals surface area contributed by atoms with Crippen LogP contribution in [-0.2, 0) is 10.2 Å². The lowest BCUT2D eigenvalue weighted by Gasteiger charge is -2.38. The summed E-state index contributed by atoms with van der Waals surface area (Å²) in [4.78, 5) is 0. The molecule has 2 N–H and O–H groups in total. The normalized spacial score (nSPS) is 18.6. The van der Waals surface area contributed by atoms with Gasteiger partial charge in [-0.25, -0.2) is 0 Å². The first-order chi connectivity index (χ1) is 8.72. The van der Waals surface area contributed by atoms with Gasteiger partial charge in [-0.05, 0) is 49.9 Å². The van der Waals surface area contributed by atoms with Gasteiger partial charge in [0.1, 0.15) is 5.75 Å². The van der Waals surface area contributed by atoms with E-state index in [1.807, 2.05) is 0 Å². The zero-order valence-electron chi connectivity index (χ0n) is 11.4. The molecule has 1 aliphatic rings. The molecule has 2 rings (SSSR count).